The van der Waals surface area contributed by atoms with Gasteiger partial charge in [-0.3, -0.25) is 0 Å². The van der Waals surface area contributed by atoms with Crippen LogP contribution in [0.15, 0.2) is 70.3 Å². The Morgan fingerprint density at radius 2 is 1.85 bits per heavy atom. The molecule has 0 atom stereocenters. The standard InChI is InChI=1S/C20H23N4S.BrH/c1-4-24(15-17-8-6-5-7-9-17)18-10-11-19(16(2)14-18)21-22-20-23(3)12-13-25-20;/h5-14H,4,15H2,1-3H3;1H/q+1;/p-1. The summed E-state index contributed by atoms with van der Waals surface area (Å²) in [6.07, 6.45) is 1.98. The first-order valence-corrected chi connectivity index (χ1v) is 9.29. The summed E-state index contributed by atoms with van der Waals surface area (Å²) in [5, 5.41) is 11.7. The van der Waals surface area contributed by atoms with Gasteiger partial charge in [-0.1, -0.05) is 30.3 Å². The molecule has 0 unspecified atom stereocenters. The van der Waals surface area contributed by atoms with Crippen molar-refractivity contribution in [3.63, 3.8) is 0 Å². The molecule has 0 aliphatic rings. The number of benzene rings is 2. The van der Waals surface area contributed by atoms with Crippen LogP contribution in [0.4, 0.5) is 16.5 Å². The summed E-state index contributed by atoms with van der Waals surface area (Å²) in [5.74, 6) is 0. The zero-order valence-electron chi connectivity index (χ0n) is 15.3. The Morgan fingerprint density at radius 1 is 1.08 bits per heavy atom. The first kappa shape index (κ1) is 20.3. The zero-order valence-corrected chi connectivity index (χ0v) is 17.7. The van der Waals surface area contributed by atoms with Crippen molar-refractivity contribution in [3.8, 4) is 0 Å². The lowest BCUT2D eigenvalue weighted by Gasteiger charge is -2.23. The highest BCUT2D eigenvalue weighted by Gasteiger charge is 2.10. The molecule has 0 radical (unpaired) electrons. The average molecular weight is 431 g/mol. The molecule has 0 aliphatic carbocycles. The van der Waals surface area contributed by atoms with Crippen LogP contribution in [-0.2, 0) is 13.6 Å². The smallest absolute Gasteiger partial charge is 0.408 e. The number of anilines is 1. The SMILES string of the molecule is CCN(Cc1ccccc1)c1ccc(N=Nc2scc[n+]2C)c(C)c1.[Br-]. The van der Waals surface area contributed by atoms with Gasteiger partial charge in [-0.2, -0.15) is 0 Å². The van der Waals surface area contributed by atoms with E-state index >= 15 is 0 Å². The molecule has 4 nitrogen and oxygen atoms in total. The molecule has 136 valence electrons. The van der Waals surface area contributed by atoms with Crippen molar-refractivity contribution in [2.45, 2.75) is 20.4 Å². The maximum atomic E-state index is 4.42. The molecule has 0 bridgehead atoms. The van der Waals surface area contributed by atoms with Crippen LogP contribution in [-0.4, -0.2) is 6.54 Å². The Kier molecular flexibility index (Phi) is 7.48. The molecular weight excluding hydrogens is 408 g/mol. The number of hydrogen-bond acceptors (Lipinski definition) is 4. The number of hydrogen-bond donors (Lipinski definition) is 0. The number of aryl methyl sites for hydroxylation is 2. The average Bonchev–Trinajstić information content (AvgIpc) is 3.04. The predicted octanol–water partition coefficient (Wildman–Crippen LogP) is 2.33. The fourth-order valence-corrected chi connectivity index (χ4v) is 3.34. The number of nitrogens with zero attached hydrogens (tertiary/aromatic N) is 4. The van der Waals surface area contributed by atoms with Gasteiger partial charge < -0.3 is 21.9 Å². The van der Waals surface area contributed by atoms with Gasteiger partial charge >= 0.3 is 5.13 Å². The highest BCUT2D eigenvalue weighted by Crippen LogP contribution is 2.27. The third kappa shape index (κ3) is 4.99. The zero-order chi connectivity index (χ0) is 17.6. The Balaban J connectivity index is 0.00000243. The lowest BCUT2D eigenvalue weighted by Crippen LogP contribution is -3.00. The molecule has 3 rings (SSSR count). The molecule has 0 aliphatic heterocycles. The second kappa shape index (κ2) is 9.59. The second-order valence-electron chi connectivity index (χ2n) is 5.97. The molecule has 6 heteroatoms. The first-order valence-electron chi connectivity index (χ1n) is 8.41. The van der Waals surface area contributed by atoms with E-state index in [9.17, 15) is 0 Å². The summed E-state index contributed by atoms with van der Waals surface area (Å²) >= 11 is 1.58. The van der Waals surface area contributed by atoms with Gasteiger partial charge in [-0.15, -0.1) is 0 Å². The molecule has 26 heavy (non-hydrogen) atoms. The van der Waals surface area contributed by atoms with E-state index in [1.165, 1.54) is 11.3 Å². The van der Waals surface area contributed by atoms with E-state index in [1.807, 2.05) is 23.2 Å². The summed E-state index contributed by atoms with van der Waals surface area (Å²) in [6, 6.07) is 16.9. The van der Waals surface area contributed by atoms with Crippen molar-refractivity contribution in [1.82, 2.24) is 0 Å². The van der Waals surface area contributed by atoms with Gasteiger partial charge in [0.1, 0.15) is 11.9 Å². The number of thiazole rings is 1. The lowest BCUT2D eigenvalue weighted by atomic mass is 10.1. The van der Waals surface area contributed by atoms with Crippen LogP contribution in [0.2, 0.25) is 0 Å². The van der Waals surface area contributed by atoms with Crippen LogP contribution in [0, 0.1) is 6.92 Å². The molecule has 0 N–H and O–H groups in total. The van der Waals surface area contributed by atoms with Gasteiger partial charge in [0.2, 0.25) is 0 Å². The molecule has 0 amide bonds. The Morgan fingerprint density at radius 3 is 2.46 bits per heavy atom. The van der Waals surface area contributed by atoms with Gasteiger partial charge in [-0.25, -0.2) is 4.57 Å². The highest BCUT2D eigenvalue weighted by molar-refractivity contribution is 7.12. The van der Waals surface area contributed by atoms with Crippen molar-refractivity contribution in [2.75, 3.05) is 11.4 Å². The van der Waals surface area contributed by atoms with Crippen LogP contribution in [0.25, 0.3) is 0 Å². The van der Waals surface area contributed by atoms with Crippen LogP contribution in [0.1, 0.15) is 18.1 Å². The van der Waals surface area contributed by atoms with Crippen LogP contribution in [0.3, 0.4) is 0 Å². The van der Waals surface area contributed by atoms with Crippen LogP contribution < -0.4 is 26.4 Å². The molecule has 1 heterocycles. The van der Waals surface area contributed by atoms with E-state index in [1.54, 1.807) is 11.3 Å². The maximum Gasteiger partial charge on any atom is 0.408 e. The Labute approximate surface area is 169 Å². The van der Waals surface area contributed by atoms with E-state index in [-0.39, 0.29) is 17.0 Å². The van der Waals surface area contributed by atoms with Gasteiger partial charge in [0, 0.05) is 24.2 Å². The van der Waals surface area contributed by atoms with E-state index in [0.717, 1.165) is 29.5 Å². The fourth-order valence-electron chi connectivity index (χ4n) is 2.66. The van der Waals surface area contributed by atoms with Gasteiger partial charge in [0.15, 0.2) is 0 Å². The summed E-state index contributed by atoms with van der Waals surface area (Å²) in [5.41, 5.74) is 4.57. The maximum absolute atomic E-state index is 4.42. The Bertz CT molecular complexity index is 861. The van der Waals surface area contributed by atoms with Crippen molar-refractivity contribution < 1.29 is 21.5 Å². The molecule has 1 aromatic heterocycles. The largest absolute Gasteiger partial charge is 1.00 e. The lowest BCUT2D eigenvalue weighted by molar-refractivity contribution is -0.654. The molecule has 0 saturated heterocycles. The van der Waals surface area contributed by atoms with E-state index < -0.39 is 0 Å². The van der Waals surface area contributed by atoms with E-state index in [0.29, 0.717) is 0 Å². The third-order valence-corrected chi connectivity index (χ3v) is 4.98. The van der Waals surface area contributed by atoms with E-state index in [4.69, 9.17) is 0 Å². The van der Waals surface area contributed by atoms with Crippen molar-refractivity contribution in [2.24, 2.45) is 17.3 Å². The first-order chi connectivity index (χ1) is 12.2. The second-order valence-corrected chi connectivity index (χ2v) is 6.84. The normalized spacial score (nSPS) is 10.7. The molecule has 0 saturated carbocycles. The van der Waals surface area contributed by atoms with Gasteiger partial charge in [0.25, 0.3) is 0 Å². The molecular formula is C20H23BrN4S. The number of aromatic nitrogens is 1. The minimum atomic E-state index is 0. The molecule has 0 spiro atoms. The van der Waals surface area contributed by atoms with Gasteiger partial charge in [-0.05, 0) is 59.6 Å². The quantitative estimate of drug-likeness (QED) is 0.436. The monoisotopic (exact) mass is 430 g/mol. The summed E-state index contributed by atoms with van der Waals surface area (Å²) < 4.78 is 1.97. The number of azo groups is 1. The minimum Gasteiger partial charge on any atom is -1.00 e. The van der Waals surface area contributed by atoms with E-state index in [2.05, 4.69) is 77.5 Å². The summed E-state index contributed by atoms with van der Waals surface area (Å²) in [7, 11) is 1.98. The molecule has 0 fully saturated rings. The van der Waals surface area contributed by atoms with Crippen molar-refractivity contribution >= 4 is 27.8 Å². The van der Waals surface area contributed by atoms with Crippen molar-refractivity contribution in [1.29, 1.82) is 0 Å². The third-order valence-electron chi connectivity index (χ3n) is 4.15. The fraction of sp³-hybridized carbons (Fsp3) is 0.250. The van der Waals surface area contributed by atoms with Crippen molar-refractivity contribution in [3.05, 3.63) is 71.2 Å². The molecule has 3 aromatic rings. The van der Waals surface area contributed by atoms with Crippen LogP contribution in [0.5, 0.6) is 0 Å². The topological polar surface area (TPSA) is 31.8 Å². The number of rotatable bonds is 6. The minimum absolute atomic E-state index is 0. The highest BCUT2D eigenvalue weighted by atomic mass is 79.9. The summed E-state index contributed by atoms with van der Waals surface area (Å²) in [4.78, 5) is 2.36. The Hall–Kier alpha value is -2.05. The van der Waals surface area contributed by atoms with Gasteiger partial charge in [0.05, 0.1) is 12.2 Å². The van der Waals surface area contributed by atoms with Crippen LogP contribution >= 0.6 is 11.3 Å². The summed E-state index contributed by atoms with van der Waals surface area (Å²) in [6.45, 7) is 6.13. The molecule has 2 aromatic carbocycles. The number of halogens is 1. The predicted molar refractivity (Wildman–Crippen MR) is 104 cm³/mol.